The minimum atomic E-state index is -4.48. The van der Waals surface area contributed by atoms with E-state index < -0.39 is 25.2 Å². The van der Waals surface area contributed by atoms with Crippen molar-refractivity contribution in [1.29, 1.82) is 5.41 Å². The fraction of sp³-hybridized carbons (Fsp3) is 0.414. The van der Waals surface area contributed by atoms with Crippen LogP contribution < -0.4 is 11.1 Å². The van der Waals surface area contributed by atoms with Crippen LogP contribution in [0.15, 0.2) is 63.8 Å². The van der Waals surface area contributed by atoms with E-state index in [1.807, 2.05) is 38.3 Å². The van der Waals surface area contributed by atoms with Crippen molar-refractivity contribution in [3.8, 4) is 0 Å². The third kappa shape index (κ3) is 10.9. The van der Waals surface area contributed by atoms with Crippen LogP contribution in [0.1, 0.15) is 49.8 Å². The number of urea groups is 1. The molecule has 1 heterocycles. The summed E-state index contributed by atoms with van der Waals surface area (Å²) in [6, 6.07) is 7.95. The van der Waals surface area contributed by atoms with Crippen molar-refractivity contribution < 1.29 is 22.7 Å². The number of aryl methyl sites for hydroxylation is 2. The molecule has 7 nitrogen and oxygen atoms in total. The van der Waals surface area contributed by atoms with Gasteiger partial charge in [-0.1, -0.05) is 31.2 Å². The number of allylic oxidation sites excluding steroid dienone is 3. The SMILES string of the molecule is CCOC1=CC(=N\c2cc(C)cs2)/C(=C(\N)CNC(=O)N(CCC(F)(F)F)C(=N)c2ccc(CC)cc2)CC1.[CH3][Tl]. The van der Waals surface area contributed by atoms with Crippen molar-refractivity contribution in [2.24, 2.45) is 10.7 Å². The van der Waals surface area contributed by atoms with Crippen LogP contribution in [0, 0.1) is 12.3 Å². The summed E-state index contributed by atoms with van der Waals surface area (Å²) in [6.45, 7) is 5.56. The molecule has 2 aromatic rings. The number of aliphatic imine (C=N–C) groups is 1. The predicted molar refractivity (Wildman–Crippen MR) is 161 cm³/mol. The molecule has 0 aliphatic heterocycles. The Hall–Kier alpha value is -2.68. The van der Waals surface area contributed by atoms with E-state index in [9.17, 15) is 18.0 Å². The van der Waals surface area contributed by atoms with Crippen molar-refractivity contribution in [3.05, 3.63) is 75.5 Å². The number of halogens is 3. The monoisotopic (exact) mass is 781 g/mol. The zero-order chi connectivity index (χ0) is 30.6. The van der Waals surface area contributed by atoms with E-state index in [1.165, 1.54) is 37.1 Å². The molecule has 1 aliphatic rings. The van der Waals surface area contributed by atoms with E-state index in [1.54, 1.807) is 24.3 Å². The maximum atomic E-state index is 13.1. The molecule has 0 atom stereocenters. The van der Waals surface area contributed by atoms with Gasteiger partial charge in [-0.15, -0.1) is 11.3 Å². The number of benzene rings is 1. The number of nitrogens with one attached hydrogen (secondary N) is 2. The molecule has 0 bridgehead atoms. The van der Waals surface area contributed by atoms with E-state index in [2.05, 4.69) is 9.80 Å². The van der Waals surface area contributed by atoms with Crippen LogP contribution in [0.5, 0.6) is 0 Å². The average molecular weight is 781 g/mol. The van der Waals surface area contributed by atoms with Crippen LogP contribution in [0.25, 0.3) is 0 Å². The number of carbonyl (C=O) groups is 1. The zero-order valence-corrected chi connectivity index (χ0v) is 29.2. The Morgan fingerprint density at radius 2 is 1.90 bits per heavy atom. The summed E-state index contributed by atoms with van der Waals surface area (Å²) in [5.74, 6) is 0.467. The van der Waals surface area contributed by atoms with Crippen LogP contribution in [0.3, 0.4) is 0 Å². The molecule has 1 aromatic heterocycles. The van der Waals surface area contributed by atoms with Gasteiger partial charge in [0.05, 0.1) is 31.0 Å². The molecule has 0 fully saturated rings. The van der Waals surface area contributed by atoms with Gasteiger partial charge >= 0.3 is 42.5 Å². The Morgan fingerprint density at radius 3 is 2.46 bits per heavy atom. The number of amides is 2. The molecule has 0 radical (unpaired) electrons. The van der Waals surface area contributed by atoms with Gasteiger partial charge in [-0.3, -0.25) is 10.3 Å². The topological polar surface area (TPSA) is 104 Å². The summed E-state index contributed by atoms with van der Waals surface area (Å²) in [5.41, 5.74) is 10.5. The summed E-state index contributed by atoms with van der Waals surface area (Å²) in [4.78, 5) is 18.6. The summed E-state index contributed by atoms with van der Waals surface area (Å²) in [5, 5.41) is 13.9. The van der Waals surface area contributed by atoms with Crippen molar-refractivity contribution >= 4 is 59.7 Å². The number of amidine groups is 1. The molecule has 0 saturated heterocycles. The predicted octanol–water partition coefficient (Wildman–Crippen LogP) is 6.81. The van der Waals surface area contributed by atoms with Crippen molar-refractivity contribution in [2.45, 2.75) is 57.1 Å². The molecular weight excluding hydrogens is 744 g/mol. The first-order chi connectivity index (χ1) is 19.5. The normalized spacial score (nSPS) is 15.4. The zero-order valence-electron chi connectivity index (χ0n) is 23.9. The third-order valence-electron chi connectivity index (χ3n) is 6.09. The van der Waals surface area contributed by atoms with Gasteiger partial charge in [-0.2, -0.15) is 13.2 Å². The van der Waals surface area contributed by atoms with E-state index in [4.69, 9.17) is 20.9 Å². The molecule has 41 heavy (non-hydrogen) atoms. The molecule has 0 unspecified atom stereocenters. The Balaban J connectivity index is 0.00000287. The molecule has 1 aromatic carbocycles. The molecule has 0 saturated carbocycles. The van der Waals surface area contributed by atoms with Gasteiger partial charge in [-0.05, 0) is 54.8 Å². The van der Waals surface area contributed by atoms with Crippen LogP contribution in [0.4, 0.5) is 23.0 Å². The second-order valence-electron chi connectivity index (χ2n) is 9.08. The summed E-state index contributed by atoms with van der Waals surface area (Å²) in [6.07, 6.45) is -1.97. The van der Waals surface area contributed by atoms with Crippen molar-refractivity contribution in [2.75, 3.05) is 19.7 Å². The quantitative estimate of drug-likeness (QED) is 0.148. The summed E-state index contributed by atoms with van der Waals surface area (Å²) >= 11 is 2.66. The van der Waals surface area contributed by atoms with Crippen molar-refractivity contribution in [3.63, 3.8) is 0 Å². The van der Waals surface area contributed by atoms with Gasteiger partial charge < -0.3 is 15.8 Å². The first kappa shape index (κ1) is 34.5. The number of rotatable bonds is 9. The molecule has 3 rings (SSSR count). The number of hydrogen-bond acceptors (Lipinski definition) is 6. The molecule has 12 heteroatoms. The molecular formula is C29H37F3N5O2STl. The Labute approximate surface area is 259 Å². The number of carbonyl (C=O) groups excluding carboxylic acids is 1. The number of thiophene rings is 1. The molecule has 220 valence electrons. The fourth-order valence-corrected chi connectivity index (χ4v) is 4.77. The average Bonchev–Trinajstić information content (AvgIpc) is 3.36. The van der Waals surface area contributed by atoms with E-state index in [0.717, 1.165) is 38.8 Å². The van der Waals surface area contributed by atoms with Gasteiger partial charge in [0.15, 0.2) is 0 Å². The fourth-order valence-electron chi connectivity index (χ4n) is 3.99. The van der Waals surface area contributed by atoms with Gasteiger partial charge in [0.1, 0.15) is 10.8 Å². The standard InChI is InChI=1S/C28H34F3N5O2S.CH3.Tl/c1-4-19-6-8-20(9-7-19)26(33)36(13-12-28(29,30)31)27(37)34-16-23(32)22-11-10-21(38-5-2)15-24(22)35-25-14-18(3)17-39-25;;/h6-9,14-15,17,33H,4-5,10-13,16,32H2,1-3H3,(H,34,37);1H3;/b23-22-,33-26?,35-24+;;. The van der Waals surface area contributed by atoms with Crippen LogP contribution in [-0.2, 0) is 11.2 Å². The van der Waals surface area contributed by atoms with E-state index >= 15 is 0 Å². The number of alkyl halides is 3. The number of nitrogens with zero attached hydrogens (tertiary/aromatic N) is 2. The van der Waals surface area contributed by atoms with E-state index in [-0.39, 0.29) is 12.4 Å². The second-order valence-corrected chi connectivity index (χ2v) is 9.97. The second kappa shape index (κ2) is 16.7. The van der Waals surface area contributed by atoms with E-state index in [0.29, 0.717) is 36.4 Å². The van der Waals surface area contributed by atoms with Crippen LogP contribution in [-0.4, -0.2) is 74.1 Å². The Kier molecular flexibility index (Phi) is 14.1. The van der Waals surface area contributed by atoms with Gasteiger partial charge in [0.25, 0.3) is 0 Å². The minimum absolute atomic E-state index is 0.112. The van der Waals surface area contributed by atoms with Gasteiger partial charge in [0, 0.05) is 30.3 Å². The molecule has 0 spiro atoms. The van der Waals surface area contributed by atoms with Gasteiger partial charge in [0.2, 0.25) is 0 Å². The van der Waals surface area contributed by atoms with Gasteiger partial charge in [-0.25, -0.2) is 9.79 Å². The third-order valence-corrected chi connectivity index (χ3v) is 7.03. The number of nitrogens with two attached hydrogens (primary N) is 1. The van der Waals surface area contributed by atoms with Crippen LogP contribution in [0.2, 0.25) is 4.48 Å². The number of ether oxygens (including phenoxy) is 1. The Bertz CT molecular complexity index is 1270. The first-order valence-corrected chi connectivity index (χ1v) is 18.7. The number of hydrogen-bond donors (Lipinski definition) is 3. The Morgan fingerprint density at radius 1 is 1.22 bits per heavy atom. The maximum absolute atomic E-state index is 13.1. The van der Waals surface area contributed by atoms with Crippen molar-refractivity contribution in [1.82, 2.24) is 10.2 Å². The molecule has 1 aliphatic carbocycles. The molecule has 2 amide bonds. The summed E-state index contributed by atoms with van der Waals surface area (Å²) < 4.78 is 46.9. The van der Waals surface area contributed by atoms with Crippen LogP contribution >= 0.6 is 11.3 Å². The first-order valence-electron chi connectivity index (χ1n) is 13.3. The molecule has 4 N–H and O–H groups in total. The summed E-state index contributed by atoms with van der Waals surface area (Å²) in [7, 11) is 0.